The number of hydrogen-bond acceptors (Lipinski definition) is 4. The molecule has 24 heavy (non-hydrogen) atoms. The van der Waals surface area contributed by atoms with Crippen LogP contribution in [0.15, 0.2) is 0 Å². The molecule has 0 saturated heterocycles. The SMILES string of the molecule is CCCCCCCCCOC(=O)C(CCCC)NC(=O)OCCC. The van der Waals surface area contributed by atoms with Crippen LogP contribution < -0.4 is 5.32 Å². The average molecular weight is 344 g/mol. The summed E-state index contributed by atoms with van der Waals surface area (Å²) in [6, 6.07) is -0.598. The molecule has 0 radical (unpaired) electrons. The van der Waals surface area contributed by atoms with Gasteiger partial charge in [-0.2, -0.15) is 0 Å². The van der Waals surface area contributed by atoms with Crippen LogP contribution in [-0.4, -0.2) is 31.3 Å². The van der Waals surface area contributed by atoms with E-state index < -0.39 is 12.1 Å². The molecule has 1 N–H and O–H groups in total. The molecule has 0 spiro atoms. The number of carbonyl (C=O) groups is 2. The van der Waals surface area contributed by atoms with Crippen LogP contribution in [0.25, 0.3) is 0 Å². The second kappa shape index (κ2) is 16.6. The molecular weight excluding hydrogens is 306 g/mol. The van der Waals surface area contributed by atoms with Crippen LogP contribution in [0.1, 0.15) is 91.4 Å². The van der Waals surface area contributed by atoms with Crippen molar-refractivity contribution in [3.05, 3.63) is 0 Å². The molecule has 1 atom stereocenters. The standard InChI is InChI=1S/C19H37NO4/c1-4-7-9-10-11-12-13-16-23-18(21)17(14-8-5-2)20-19(22)24-15-6-3/h17H,4-16H2,1-3H3,(H,20,22). The van der Waals surface area contributed by atoms with Crippen LogP contribution in [0, 0.1) is 0 Å². The topological polar surface area (TPSA) is 64.6 Å². The first-order valence-corrected chi connectivity index (χ1v) is 9.75. The van der Waals surface area contributed by atoms with Gasteiger partial charge in [0.1, 0.15) is 6.04 Å². The number of alkyl carbamates (subject to hydrolysis) is 1. The van der Waals surface area contributed by atoms with Crippen LogP contribution in [0.3, 0.4) is 0 Å². The van der Waals surface area contributed by atoms with Gasteiger partial charge in [0.05, 0.1) is 13.2 Å². The zero-order valence-corrected chi connectivity index (χ0v) is 15.9. The monoisotopic (exact) mass is 343 g/mol. The zero-order valence-electron chi connectivity index (χ0n) is 15.9. The van der Waals surface area contributed by atoms with Gasteiger partial charge in [0, 0.05) is 0 Å². The van der Waals surface area contributed by atoms with E-state index >= 15 is 0 Å². The summed E-state index contributed by atoms with van der Waals surface area (Å²) in [7, 11) is 0. The Kier molecular flexibility index (Phi) is 15.7. The van der Waals surface area contributed by atoms with Crippen LogP contribution >= 0.6 is 0 Å². The predicted octanol–water partition coefficient (Wildman–Crippen LogP) is 4.98. The zero-order chi connectivity index (χ0) is 18.0. The van der Waals surface area contributed by atoms with E-state index in [1.807, 2.05) is 6.92 Å². The smallest absolute Gasteiger partial charge is 0.407 e. The fraction of sp³-hybridized carbons (Fsp3) is 0.895. The fourth-order valence-electron chi connectivity index (χ4n) is 2.37. The van der Waals surface area contributed by atoms with Crippen molar-refractivity contribution in [2.45, 2.75) is 97.4 Å². The largest absolute Gasteiger partial charge is 0.464 e. The summed E-state index contributed by atoms with van der Waals surface area (Å²) in [5.41, 5.74) is 0. The molecule has 5 nitrogen and oxygen atoms in total. The van der Waals surface area contributed by atoms with Gasteiger partial charge >= 0.3 is 12.1 Å². The number of nitrogens with one attached hydrogen (secondary N) is 1. The van der Waals surface area contributed by atoms with E-state index in [1.165, 1.54) is 32.1 Å². The summed E-state index contributed by atoms with van der Waals surface area (Å²) in [6.07, 6.45) is 10.9. The first-order chi connectivity index (χ1) is 11.7. The Morgan fingerprint density at radius 3 is 2.00 bits per heavy atom. The van der Waals surface area contributed by atoms with Crippen molar-refractivity contribution in [1.82, 2.24) is 5.32 Å². The lowest BCUT2D eigenvalue weighted by molar-refractivity contribution is -0.146. The van der Waals surface area contributed by atoms with Gasteiger partial charge in [-0.05, 0) is 19.3 Å². The maximum absolute atomic E-state index is 12.1. The lowest BCUT2D eigenvalue weighted by Crippen LogP contribution is -2.42. The third-order valence-corrected chi connectivity index (χ3v) is 3.85. The highest BCUT2D eigenvalue weighted by molar-refractivity contribution is 5.81. The highest BCUT2D eigenvalue weighted by atomic mass is 16.6. The highest BCUT2D eigenvalue weighted by Crippen LogP contribution is 2.08. The van der Waals surface area contributed by atoms with Crippen molar-refractivity contribution in [2.24, 2.45) is 0 Å². The maximum Gasteiger partial charge on any atom is 0.407 e. The van der Waals surface area contributed by atoms with Crippen molar-refractivity contribution in [2.75, 3.05) is 13.2 Å². The van der Waals surface area contributed by atoms with Crippen LogP contribution in [0.5, 0.6) is 0 Å². The van der Waals surface area contributed by atoms with Crippen molar-refractivity contribution < 1.29 is 19.1 Å². The Hall–Kier alpha value is -1.26. The Bertz CT molecular complexity index is 320. The average Bonchev–Trinajstić information content (AvgIpc) is 2.58. The summed E-state index contributed by atoms with van der Waals surface area (Å²) in [5.74, 6) is -0.345. The van der Waals surface area contributed by atoms with Gasteiger partial charge in [-0.15, -0.1) is 0 Å². The Labute approximate surface area is 147 Å². The molecule has 0 aliphatic carbocycles. The number of carbonyl (C=O) groups excluding carboxylic acids is 2. The number of ether oxygens (including phenoxy) is 2. The first kappa shape index (κ1) is 22.7. The number of amides is 1. The van der Waals surface area contributed by atoms with Crippen molar-refractivity contribution in [3.8, 4) is 0 Å². The molecule has 0 aliphatic rings. The number of unbranched alkanes of at least 4 members (excludes halogenated alkanes) is 7. The lowest BCUT2D eigenvalue weighted by Gasteiger charge is -2.17. The van der Waals surface area contributed by atoms with Crippen LogP contribution in [0.4, 0.5) is 4.79 Å². The van der Waals surface area contributed by atoms with Crippen molar-refractivity contribution in [1.29, 1.82) is 0 Å². The van der Waals surface area contributed by atoms with E-state index in [-0.39, 0.29) is 5.97 Å². The quantitative estimate of drug-likeness (QED) is 0.336. The molecule has 0 rings (SSSR count). The molecule has 142 valence electrons. The molecular formula is C19H37NO4. The molecule has 0 bridgehead atoms. The van der Waals surface area contributed by atoms with Crippen LogP contribution in [-0.2, 0) is 14.3 Å². The molecule has 0 aliphatic heterocycles. The summed E-state index contributed by atoms with van der Waals surface area (Å²) >= 11 is 0. The molecule has 0 aromatic carbocycles. The normalized spacial score (nSPS) is 11.8. The summed E-state index contributed by atoms with van der Waals surface area (Å²) in [6.45, 7) is 6.98. The number of esters is 1. The Morgan fingerprint density at radius 1 is 0.750 bits per heavy atom. The lowest BCUT2D eigenvalue weighted by atomic mass is 10.1. The maximum atomic E-state index is 12.1. The Morgan fingerprint density at radius 2 is 1.38 bits per heavy atom. The van der Waals surface area contributed by atoms with Gasteiger partial charge < -0.3 is 14.8 Å². The Balaban J connectivity index is 3.96. The third kappa shape index (κ3) is 13.2. The van der Waals surface area contributed by atoms with Gasteiger partial charge in [-0.1, -0.05) is 72.1 Å². The molecule has 0 heterocycles. The first-order valence-electron chi connectivity index (χ1n) is 9.75. The van der Waals surface area contributed by atoms with Gasteiger partial charge in [-0.3, -0.25) is 0 Å². The van der Waals surface area contributed by atoms with E-state index in [4.69, 9.17) is 9.47 Å². The predicted molar refractivity (Wildman–Crippen MR) is 97.0 cm³/mol. The van der Waals surface area contributed by atoms with E-state index in [1.54, 1.807) is 0 Å². The molecule has 0 fully saturated rings. The summed E-state index contributed by atoms with van der Waals surface area (Å²) < 4.78 is 10.3. The minimum Gasteiger partial charge on any atom is -0.464 e. The van der Waals surface area contributed by atoms with E-state index in [2.05, 4.69) is 19.2 Å². The second-order valence-corrected chi connectivity index (χ2v) is 6.26. The fourth-order valence-corrected chi connectivity index (χ4v) is 2.37. The molecule has 5 heteroatoms. The number of hydrogen-bond donors (Lipinski definition) is 1. The van der Waals surface area contributed by atoms with Gasteiger partial charge in [-0.25, -0.2) is 9.59 Å². The van der Waals surface area contributed by atoms with Gasteiger partial charge in [0.25, 0.3) is 0 Å². The molecule has 1 unspecified atom stereocenters. The van der Waals surface area contributed by atoms with Crippen LogP contribution in [0.2, 0.25) is 0 Å². The van der Waals surface area contributed by atoms with Gasteiger partial charge in [0.15, 0.2) is 0 Å². The van der Waals surface area contributed by atoms with E-state index in [0.29, 0.717) is 19.6 Å². The number of rotatable bonds is 15. The minimum absolute atomic E-state index is 0.345. The van der Waals surface area contributed by atoms with E-state index in [0.717, 1.165) is 32.1 Å². The summed E-state index contributed by atoms with van der Waals surface area (Å²) in [5, 5.41) is 2.63. The molecule has 0 aromatic rings. The molecule has 1 amide bonds. The van der Waals surface area contributed by atoms with Gasteiger partial charge in [0.2, 0.25) is 0 Å². The molecule has 0 aromatic heterocycles. The van der Waals surface area contributed by atoms with Crippen molar-refractivity contribution >= 4 is 12.1 Å². The van der Waals surface area contributed by atoms with Crippen molar-refractivity contribution in [3.63, 3.8) is 0 Å². The highest BCUT2D eigenvalue weighted by Gasteiger charge is 2.22. The summed E-state index contributed by atoms with van der Waals surface area (Å²) in [4.78, 5) is 23.8. The second-order valence-electron chi connectivity index (χ2n) is 6.26. The minimum atomic E-state index is -0.598. The molecule has 0 saturated carbocycles. The van der Waals surface area contributed by atoms with E-state index in [9.17, 15) is 9.59 Å². The third-order valence-electron chi connectivity index (χ3n) is 3.85.